The SMILES string of the molecule is COC(=O)[C@@H](Cc1c2ccccc2cc2ccccc12)NC(=O)c1c(F)cc(F)cc1F. The molecule has 0 saturated heterocycles. The molecule has 0 saturated carbocycles. The van der Waals surface area contributed by atoms with Crippen LogP contribution < -0.4 is 5.32 Å². The molecule has 7 heteroatoms. The number of carbonyl (C=O) groups is 2. The summed E-state index contributed by atoms with van der Waals surface area (Å²) in [5.74, 6) is -5.83. The van der Waals surface area contributed by atoms with E-state index in [1.54, 1.807) is 0 Å². The van der Waals surface area contributed by atoms with Gasteiger partial charge in [0.1, 0.15) is 29.1 Å². The van der Waals surface area contributed by atoms with E-state index in [0.29, 0.717) is 12.1 Å². The van der Waals surface area contributed by atoms with Crippen LogP contribution >= 0.6 is 0 Å². The molecule has 0 aliphatic heterocycles. The number of rotatable bonds is 5. The van der Waals surface area contributed by atoms with Crippen LogP contribution in [0.3, 0.4) is 0 Å². The second kappa shape index (κ2) is 8.70. The van der Waals surface area contributed by atoms with Crippen molar-refractivity contribution in [2.75, 3.05) is 7.11 Å². The van der Waals surface area contributed by atoms with Crippen LogP contribution in [-0.2, 0) is 16.0 Å². The average Bonchev–Trinajstić information content (AvgIpc) is 2.77. The first-order chi connectivity index (χ1) is 15.4. The van der Waals surface area contributed by atoms with Crippen molar-refractivity contribution in [3.8, 4) is 0 Å². The quantitative estimate of drug-likeness (QED) is 0.356. The van der Waals surface area contributed by atoms with Gasteiger partial charge < -0.3 is 10.1 Å². The highest BCUT2D eigenvalue weighted by Crippen LogP contribution is 2.29. The van der Waals surface area contributed by atoms with Gasteiger partial charge in [-0.2, -0.15) is 0 Å². The van der Waals surface area contributed by atoms with E-state index < -0.39 is 40.9 Å². The monoisotopic (exact) mass is 437 g/mol. The minimum absolute atomic E-state index is 0.0186. The van der Waals surface area contributed by atoms with Crippen molar-refractivity contribution in [1.82, 2.24) is 5.32 Å². The lowest BCUT2D eigenvalue weighted by atomic mass is 9.92. The van der Waals surface area contributed by atoms with E-state index in [4.69, 9.17) is 4.74 Å². The summed E-state index contributed by atoms with van der Waals surface area (Å²) in [5.41, 5.74) is -0.197. The number of fused-ring (bicyclic) bond motifs is 2. The minimum atomic E-state index is -1.36. The average molecular weight is 437 g/mol. The zero-order valence-corrected chi connectivity index (χ0v) is 17.0. The van der Waals surface area contributed by atoms with Gasteiger partial charge in [0.25, 0.3) is 5.91 Å². The Hall–Kier alpha value is -3.87. The molecule has 0 spiro atoms. The molecule has 0 heterocycles. The zero-order valence-electron chi connectivity index (χ0n) is 17.0. The summed E-state index contributed by atoms with van der Waals surface area (Å²) in [5, 5.41) is 5.96. The van der Waals surface area contributed by atoms with Gasteiger partial charge >= 0.3 is 5.97 Å². The van der Waals surface area contributed by atoms with Crippen LogP contribution in [0.15, 0.2) is 66.7 Å². The smallest absolute Gasteiger partial charge is 0.328 e. The first-order valence-corrected chi connectivity index (χ1v) is 9.81. The molecule has 162 valence electrons. The summed E-state index contributed by atoms with van der Waals surface area (Å²) < 4.78 is 46.2. The summed E-state index contributed by atoms with van der Waals surface area (Å²) in [7, 11) is 1.15. The maximum Gasteiger partial charge on any atom is 0.328 e. The lowest BCUT2D eigenvalue weighted by Crippen LogP contribution is -2.43. The first kappa shape index (κ1) is 21.4. The zero-order chi connectivity index (χ0) is 22.8. The third-order valence-corrected chi connectivity index (χ3v) is 5.32. The van der Waals surface area contributed by atoms with Crippen molar-refractivity contribution in [1.29, 1.82) is 0 Å². The van der Waals surface area contributed by atoms with Crippen molar-refractivity contribution in [2.24, 2.45) is 0 Å². The second-order valence-corrected chi connectivity index (χ2v) is 7.30. The Morgan fingerprint density at radius 3 is 1.94 bits per heavy atom. The molecule has 1 atom stereocenters. The molecule has 4 aromatic rings. The molecule has 0 aliphatic carbocycles. The number of benzene rings is 4. The molecule has 1 amide bonds. The van der Waals surface area contributed by atoms with Crippen LogP contribution in [0.2, 0.25) is 0 Å². The fourth-order valence-electron chi connectivity index (χ4n) is 3.86. The Labute approximate surface area is 181 Å². The Morgan fingerprint density at radius 1 is 0.875 bits per heavy atom. The summed E-state index contributed by atoms with van der Waals surface area (Å²) in [6.45, 7) is 0. The van der Waals surface area contributed by atoms with Gasteiger partial charge in [-0.1, -0.05) is 48.5 Å². The van der Waals surface area contributed by atoms with E-state index in [9.17, 15) is 22.8 Å². The molecule has 0 aromatic heterocycles. The van der Waals surface area contributed by atoms with Gasteiger partial charge in [0, 0.05) is 18.6 Å². The van der Waals surface area contributed by atoms with Crippen LogP contribution in [0.25, 0.3) is 21.5 Å². The summed E-state index contributed by atoms with van der Waals surface area (Å²) in [6, 6.07) is 16.7. The van der Waals surface area contributed by atoms with Crippen molar-refractivity contribution < 1.29 is 27.5 Å². The third kappa shape index (κ3) is 4.01. The van der Waals surface area contributed by atoms with Gasteiger partial charge in [0.15, 0.2) is 0 Å². The molecule has 0 fully saturated rings. The van der Waals surface area contributed by atoms with E-state index in [2.05, 4.69) is 5.32 Å². The van der Waals surface area contributed by atoms with Crippen molar-refractivity contribution in [3.05, 3.63) is 95.3 Å². The molecular weight excluding hydrogens is 419 g/mol. The number of hydrogen-bond acceptors (Lipinski definition) is 3. The standard InChI is InChI=1S/C25H18F3NO3/c1-32-25(31)22(29-24(30)23-20(27)11-16(26)12-21(23)28)13-19-17-8-4-2-6-14(17)10-15-7-3-5-9-18(15)19/h2-12,22H,13H2,1H3,(H,29,30)/t22-/m1/s1. The molecule has 0 unspecified atom stereocenters. The second-order valence-electron chi connectivity index (χ2n) is 7.30. The number of hydrogen-bond donors (Lipinski definition) is 1. The molecule has 0 radical (unpaired) electrons. The molecule has 32 heavy (non-hydrogen) atoms. The minimum Gasteiger partial charge on any atom is -0.467 e. The lowest BCUT2D eigenvalue weighted by Gasteiger charge is -2.19. The lowest BCUT2D eigenvalue weighted by molar-refractivity contribution is -0.142. The predicted molar refractivity (Wildman–Crippen MR) is 115 cm³/mol. The highest BCUT2D eigenvalue weighted by molar-refractivity contribution is 6.03. The topological polar surface area (TPSA) is 55.4 Å². The fourth-order valence-corrected chi connectivity index (χ4v) is 3.86. The molecular formula is C25H18F3NO3. The van der Waals surface area contributed by atoms with Crippen LogP contribution in [0.4, 0.5) is 13.2 Å². The predicted octanol–water partition coefficient (Wildman–Crippen LogP) is 4.92. The van der Waals surface area contributed by atoms with Gasteiger partial charge in [0.05, 0.1) is 7.11 Å². The maximum atomic E-state index is 14.1. The highest BCUT2D eigenvalue weighted by Gasteiger charge is 2.27. The van der Waals surface area contributed by atoms with Crippen molar-refractivity contribution in [2.45, 2.75) is 12.5 Å². The Morgan fingerprint density at radius 2 is 1.41 bits per heavy atom. The van der Waals surface area contributed by atoms with Gasteiger partial charge in [0.2, 0.25) is 0 Å². The molecule has 0 bridgehead atoms. The number of esters is 1. The number of nitrogens with one attached hydrogen (secondary N) is 1. The van der Waals surface area contributed by atoms with Crippen LogP contribution in [-0.4, -0.2) is 25.0 Å². The molecule has 1 N–H and O–H groups in total. The van der Waals surface area contributed by atoms with Crippen LogP contribution in [0.5, 0.6) is 0 Å². The Bertz CT molecular complexity index is 1280. The van der Waals surface area contributed by atoms with Gasteiger partial charge in [-0.15, -0.1) is 0 Å². The molecule has 0 aliphatic rings. The summed E-state index contributed by atoms with van der Waals surface area (Å²) in [4.78, 5) is 25.1. The van der Waals surface area contributed by atoms with Crippen molar-refractivity contribution >= 4 is 33.4 Å². The number of halogens is 3. The van der Waals surface area contributed by atoms with E-state index >= 15 is 0 Å². The summed E-state index contributed by atoms with van der Waals surface area (Å²) in [6.07, 6.45) is 0.0186. The normalized spacial score (nSPS) is 12.0. The first-order valence-electron chi connectivity index (χ1n) is 9.81. The number of methoxy groups -OCH3 is 1. The van der Waals surface area contributed by atoms with Crippen LogP contribution in [0, 0.1) is 17.5 Å². The maximum absolute atomic E-state index is 14.1. The number of carbonyl (C=O) groups excluding carboxylic acids is 2. The molecule has 4 rings (SSSR count). The van der Waals surface area contributed by atoms with E-state index in [0.717, 1.165) is 34.2 Å². The van der Waals surface area contributed by atoms with E-state index in [1.165, 1.54) is 0 Å². The highest BCUT2D eigenvalue weighted by atomic mass is 19.1. The third-order valence-electron chi connectivity index (χ3n) is 5.32. The number of amides is 1. The van der Waals surface area contributed by atoms with Gasteiger partial charge in [-0.05, 0) is 33.2 Å². The van der Waals surface area contributed by atoms with E-state index in [1.807, 2.05) is 54.6 Å². The van der Waals surface area contributed by atoms with Gasteiger partial charge in [-0.3, -0.25) is 4.79 Å². The van der Waals surface area contributed by atoms with Crippen LogP contribution in [0.1, 0.15) is 15.9 Å². The largest absolute Gasteiger partial charge is 0.467 e. The molecule has 4 nitrogen and oxygen atoms in total. The van der Waals surface area contributed by atoms with Gasteiger partial charge in [-0.25, -0.2) is 18.0 Å². The number of ether oxygens (including phenoxy) is 1. The Kier molecular flexibility index (Phi) is 5.81. The summed E-state index contributed by atoms with van der Waals surface area (Å²) >= 11 is 0. The Balaban J connectivity index is 1.77. The fraction of sp³-hybridized carbons (Fsp3) is 0.120. The van der Waals surface area contributed by atoms with E-state index in [-0.39, 0.29) is 6.42 Å². The molecule has 4 aromatic carbocycles. The van der Waals surface area contributed by atoms with Crippen molar-refractivity contribution in [3.63, 3.8) is 0 Å².